The minimum Gasteiger partial charge on any atom is -0.378 e. The minimum atomic E-state index is 0.197. The molecule has 22 heavy (non-hydrogen) atoms. The third-order valence-electron chi connectivity index (χ3n) is 4.75. The Kier molecular flexibility index (Phi) is 5.46. The maximum absolute atomic E-state index is 12.4. The molecule has 0 saturated carbocycles. The zero-order valence-corrected chi connectivity index (χ0v) is 13.2. The molecule has 1 atom stereocenters. The van der Waals surface area contributed by atoms with Crippen molar-refractivity contribution in [1.82, 2.24) is 10.2 Å². The fourth-order valence-corrected chi connectivity index (χ4v) is 3.42. The second-order valence-corrected chi connectivity index (χ2v) is 6.44. The molecule has 1 aromatic rings. The number of amides is 1. The molecule has 0 spiro atoms. The predicted octanol–water partition coefficient (Wildman–Crippen LogP) is 1.85. The highest BCUT2D eigenvalue weighted by molar-refractivity contribution is 5.77. The van der Waals surface area contributed by atoms with Crippen LogP contribution in [-0.4, -0.2) is 49.7 Å². The van der Waals surface area contributed by atoms with E-state index in [9.17, 15) is 4.79 Å². The van der Waals surface area contributed by atoms with Gasteiger partial charge in [0.05, 0.1) is 13.2 Å². The number of nitrogens with zero attached hydrogens (tertiary/aromatic N) is 1. The van der Waals surface area contributed by atoms with Gasteiger partial charge in [-0.25, -0.2) is 0 Å². The normalized spacial score (nSPS) is 23.5. The van der Waals surface area contributed by atoms with Gasteiger partial charge in [0.25, 0.3) is 0 Å². The third-order valence-corrected chi connectivity index (χ3v) is 4.75. The molecule has 1 unspecified atom stereocenters. The fraction of sp³-hybridized carbons (Fsp3) is 0.611. The smallest absolute Gasteiger partial charge is 0.224 e. The van der Waals surface area contributed by atoms with E-state index in [-0.39, 0.29) is 11.9 Å². The van der Waals surface area contributed by atoms with Crippen molar-refractivity contribution in [3.05, 3.63) is 35.9 Å². The van der Waals surface area contributed by atoms with E-state index in [0.717, 1.165) is 45.5 Å². The highest BCUT2D eigenvalue weighted by Gasteiger charge is 2.25. The Morgan fingerprint density at radius 3 is 2.68 bits per heavy atom. The summed E-state index contributed by atoms with van der Waals surface area (Å²) in [5.41, 5.74) is 1.41. The number of hydrogen-bond donors (Lipinski definition) is 1. The van der Waals surface area contributed by atoms with Crippen molar-refractivity contribution in [2.45, 2.75) is 31.7 Å². The molecule has 1 amide bonds. The number of carbonyl (C=O) groups is 1. The summed E-state index contributed by atoms with van der Waals surface area (Å²) >= 11 is 0. The Balaban J connectivity index is 1.42. The number of piperidine rings is 1. The number of benzene rings is 1. The molecular formula is C18H26N2O2. The summed E-state index contributed by atoms with van der Waals surface area (Å²) in [6.45, 7) is 4.09. The standard InChI is InChI=1S/C18H26N2O2/c21-18(13-17-14-22-11-8-19-17)20-9-6-16(7-10-20)12-15-4-2-1-3-5-15/h1-5,16-17,19H,6-14H2. The van der Waals surface area contributed by atoms with Crippen molar-refractivity contribution < 1.29 is 9.53 Å². The fourth-order valence-electron chi connectivity index (χ4n) is 3.42. The molecule has 1 aromatic carbocycles. The van der Waals surface area contributed by atoms with E-state index in [1.54, 1.807) is 0 Å². The first-order chi connectivity index (χ1) is 10.8. The van der Waals surface area contributed by atoms with Crippen LogP contribution in [0.5, 0.6) is 0 Å². The van der Waals surface area contributed by atoms with Crippen LogP contribution < -0.4 is 5.32 Å². The Labute approximate surface area is 132 Å². The molecule has 120 valence electrons. The Hall–Kier alpha value is -1.39. The zero-order valence-electron chi connectivity index (χ0n) is 13.2. The topological polar surface area (TPSA) is 41.6 Å². The molecule has 2 saturated heterocycles. The first-order valence-corrected chi connectivity index (χ1v) is 8.44. The average molecular weight is 302 g/mol. The lowest BCUT2D eigenvalue weighted by Crippen LogP contribution is -2.46. The van der Waals surface area contributed by atoms with Gasteiger partial charge in [-0.05, 0) is 30.7 Å². The highest BCUT2D eigenvalue weighted by atomic mass is 16.5. The molecule has 4 nitrogen and oxygen atoms in total. The first kappa shape index (κ1) is 15.5. The van der Waals surface area contributed by atoms with Crippen molar-refractivity contribution >= 4 is 5.91 Å². The summed E-state index contributed by atoms with van der Waals surface area (Å²) in [5, 5.41) is 3.36. The highest BCUT2D eigenvalue weighted by Crippen LogP contribution is 2.22. The van der Waals surface area contributed by atoms with Gasteiger partial charge in [0.1, 0.15) is 0 Å². The number of likely N-dealkylation sites (tertiary alicyclic amines) is 1. The Bertz CT molecular complexity index is 463. The number of ether oxygens (including phenoxy) is 1. The van der Waals surface area contributed by atoms with E-state index in [1.807, 2.05) is 4.90 Å². The summed E-state index contributed by atoms with van der Waals surface area (Å²) in [6, 6.07) is 10.9. The molecule has 3 rings (SSSR count). The van der Waals surface area contributed by atoms with Gasteiger partial charge in [0.15, 0.2) is 0 Å². The van der Waals surface area contributed by atoms with Crippen LogP contribution in [0.3, 0.4) is 0 Å². The Morgan fingerprint density at radius 1 is 1.23 bits per heavy atom. The maximum atomic E-state index is 12.4. The van der Waals surface area contributed by atoms with Crippen molar-refractivity contribution in [3.63, 3.8) is 0 Å². The van der Waals surface area contributed by atoms with Gasteiger partial charge in [-0.15, -0.1) is 0 Å². The monoisotopic (exact) mass is 302 g/mol. The largest absolute Gasteiger partial charge is 0.378 e. The van der Waals surface area contributed by atoms with Gasteiger partial charge in [-0.1, -0.05) is 30.3 Å². The average Bonchev–Trinajstić information content (AvgIpc) is 2.57. The summed E-state index contributed by atoms with van der Waals surface area (Å²) in [6.07, 6.45) is 3.95. The van der Waals surface area contributed by atoms with Crippen molar-refractivity contribution in [1.29, 1.82) is 0 Å². The van der Waals surface area contributed by atoms with E-state index in [4.69, 9.17) is 4.74 Å². The predicted molar refractivity (Wildman–Crippen MR) is 86.7 cm³/mol. The molecule has 0 aromatic heterocycles. The second kappa shape index (κ2) is 7.75. The lowest BCUT2D eigenvalue weighted by Gasteiger charge is -2.33. The van der Waals surface area contributed by atoms with Crippen LogP contribution in [0.15, 0.2) is 30.3 Å². The quantitative estimate of drug-likeness (QED) is 0.923. The molecule has 2 aliphatic rings. The molecule has 2 aliphatic heterocycles. The molecule has 0 bridgehead atoms. The van der Waals surface area contributed by atoms with E-state index in [2.05, 4.69) is 35.6 Å². The lowest BCUT2D eigenvalue weighted by atomic mass is 9.90. The van der Waals surface area contributed by atoms with Gasteiger partial charge in [0, 0.05) is 32.1 Å². The van der Waals surface area contributed by atoms with Crippen LogP contribution >= 0.6 is 0 Å². The van der Waals surface area contributed by atoms with Crippen LogP contribution in [0, 0.1) is 5.92 Å². The van der Waals surface area contributed by atoms with Crippen LogP contribution in [0.1, 0.15) is 24.8 Å². The SMILES string of the molecule is O=C(CC1COCCN1)N1CCC(Cc2ccccc2)CC1. The van der Waals surface area contributed by atoms with Gasteiger partial charge in [-0.3, -0.25) is 4.79 Å². The van der Waals surface area contributed by atoms with Gasteiger partial charge >= 0.3 is 0 Å². The molecule has 1 N–H and O–H groups in total. The van der Waals surface area contributed by atoms with Crippen molar-refractivity contribution in [2.24, 2.45) is 5.92 Å². The summed E-state index contributed by atoms with van der Waals surface area (Å²) in [7, 11) is 0. The van der Waals surface area contributed by atoms with Gasteiger partial charge < -0.3 is 15.0 Å². The number of nitrogens with one attached hydrogen (secondary N) is 1. The van der Waals surface area contributed by atoms with Crippen LogP contribution in [0.4, 0.5) is 0 Å². The van der Waals surface area contributed by atoms with Crippen LogP contribution in [0.25, 0.3) is 0 Å². The van der Waals surface area contributed by atoms with Gasteiger partial charge in [-0.2, -0.15) is 0 Å². The second-order valence-electron chi connectivity index (χ2n) is 6.44. The molecular weight excluding hydrogens is 276 g/mol. The van der Waals surface area contributed by atoms with E-state index in [0.29, 0.717) is 18.9 Å². The first-order valence-electron chi connectivity index (χ1n) is 8.44. The number of hydrogen-bond acceptors (Lipinski definition) is 3. The maximum Gasteiger partial charge on any atom is 0.224 e. The molecule has 4 heteroatoms. The number of rotatable bonds is 4. The van der Waals surface area contributed by atoms with E-state index < -0.39 is 0 Å². The lowest BCUT2D eigenvalue weighted by molar-refractivity contribution is -0.133. The number of carbonyl (C=O) groups excluding carboxylic acids is 1. The third kappa shape index (κ3) is 4.31. The summed E-state index contributed by atoms with van der Waals surface area (Å²) in [5.74, 6) is 0.990. The van der Waals surface area contributed by atoms with Crippen LogP contribution in [0.2, 0.25) is 0 Å². The minimum absolute atomic E-state index is 0.197. The summed E-state index contributed by atoms with van der Waals surface area (Å²) < 4.78 is 5.42. The summed E-state index contributed by atoms with van der Waals surface area (Å²) in [4.78, 5) is 14.4. The van der Waals surface area contributed by atoms with Crippen molar-refractivity contribution in [3.8, 4) is 0 Å². The van der Waals surface area contributed by atoms with E-state index >= 15 is 0 Å². The number of morpholine rings is 1. The molecule has 0 aliphatic carbocycles. The van der Waals surface area contributed by atoms with Crippen molar-refractivity contribution in [2.75, 3.05) is 32.8 Å². The van der Waals surface area contributed by atoms with E-state index in [1.165, 1.54) is 5.56 Å². The van der Waals surface area contributed by atoms with Gasteiger partial charge in [0.2, 0.25) is 5.91 Å². The van der Waals surface area contributed by atoms with Crippen LogP contribution in [-0.2, 0) is 16.0 Å². The molecule has 2 fully saturated rings. The Morgan fingerprint density at radius 2 is 2.00 bits per heavy atom. The zero-order chi connectivity index (χ0) is 15.2. The molecule has 2 heterocycles. The molecule has 0 radical (unpaired) electrons.